The van der Waals surface area contributed by atoms with Gasteiger partial charge in [0.15, 0.2) is 23.1 Å². The molecular formula is C30H22N2O6. The minimum Gasteiger partial charge on any atom is -0.454 e. The quantitative estimate of drug-likeness (QED) is 0.390. The second-order valence-corrected chi connectivity index (χ2v) is 9.88. The summed E-state index contributed by atoms with van der Waals surface area (Å²) in [6.07, 6.45) is 3.74. The van der Waals surface area contributed by atoms with Gasteiger partial charge in [-0.1, -0.05) is 24.3 Å². The van der Waals surface area contributed by atoms with Crippen LogP contribution in [0.1, 0.15) is 44.8 Å². The molecule has 3 aromatic rings. The Hall–Kier alpha value is -4.72. The van der Waals surface area contributed by atoms with Gasteiger partial charge in [0.2, 0.25) is 18.6 Å². The number of anilines is 1. The average molecular weight is 507 g/mol. The van der Waals surface area contributed by atoms with Gasteiger partial charge in [0.05, 0.1) is 23.6 Å². The van der Waals surface area contributed by atoms with Gasteiger partial charge in [0, 0.05) is 17.3 Å². The third kappa shape index (κ3) is 3.09. The largest absolute Gasteiger partial charge is 0.454 e. The van der Waals surface area contributed by atoms with Crippen molar-refractivity contribution in [1.82, 2.24) is 4.90 Å². The van der Waals surface area contributed by atoms with Crippen molar-refractivity contribution < 1.29 is 28.7 Å². The molecule has 4 atom stereocenters. The molecular weight excluding hydrogens is 484 g/mol. The van der Waals surface area contributed by atoms with Crippen LogP contribution in [0, 0.1) is 11.8 Å². The molecule has 0 aliphatic carbocycles. The molecule has 0 aromatic heterocycles. The average Bonchev–Trinajstić information content (AvgIpc) is 3.61. The van der Waals surface area contributed by atoms with Crippen LogP contribution in [0.4, 0.5) is 5.69 Å². The van der Waals surface area contributed by atoms with Crippen LogP contribution in [0.15, 0.2) is 72.9 Å². The number of imide groups is 1. The molecule has 3 aromatic carbocycles. The van der Waals surface area contributed by atoms with Crippen molar-refractivity contribution in [3.8, 4) is 11.5 Å². The maximum atomic E-state index is 14.1. The van der Waals surface area contributed by atoms with Crippen molar-refractivity contribution in [2.75, 3.05) is 11.7 Å². The van der Waals surface area contributed by atoms with Gasteiger partial charge in [-0.3, -0.25) is 19.2 Å². The summed E-state index contributed by atoms with van der Waals surface area (Å²) in [5, 5.41) is 0. The van der Waals surface area contributed by atoms with E-state index in [2.05, 4.69) is 0 Å². The fraction of sp³-hybridized carbons (Fsp3) is 0.200. The lowest BCUT2D eigenvalue weighted by molar-refractivity contribution is -0.123. The zero-order valence-electron chi connectivity index (χ0n) is 20.4. The van der Waals surface area contributed by atoms with Gasteiger partial charge in [0.25, 0.3) is 0 Å². The zero-order chi connectivity index (χ0) is 26.1. The fourth-order valence-corrected chi connectivity index (χ4v) is 6.18. The summed E-state index contributed by atoms with van der Waals surface area (Å²) in [6.45, 7) is 1.54. The Morgan fingerprint density at radius 2 is 1.55 bits per heavy atom. The van der Waals surface area contributed by atoms with Gasteiger partial charge in [-0.2, -0.15) is 0 Å². The fourth-order valence-electron chi connectivity index (χ4n) is 6.18. The Labute approximate surface area is 218 Å². The third-order valence-corrected chi connectivity index (χ3v) is 7.92. The van der Waals surface area contributed by atoms with Crippen molar-refractivity contribution in [2.24, 2.45) is 11.8 Å². The third-order valence-electron chi connectivity index (χ3n) is 7.92. The van der Waals surface area contributed by atoms with Crippen molar-refractivity contribution in [3.63, 3.8) is 0 Å². The van der Waals surface area contributed by atoms with E-state index in [1.54, 1.807) is 42.5 Å². The Morgan fingerprint density at radius 3 is 2.34 bits per heavy atom. The minimum atomic E-state index is -0.882. The minimum absolute atomic E-state index is 0.0825. The molecule has 0 saturated carbocycles. The Bertz CT molecular complexity index is 1580. The SMILES string of the molecule is CC(=O)c1ccc(N2C(=O)[C@@H]3[C@H](C2=O)[C@@H]2c4ccccc4C=CN2[C@@H]3C(=O)c2ccc3c(c2)OCO3)cc1. The predicted octanol–water partition coefficient (Wildman–Crippen LogP) is 4.02. The monoisotopic (exact) mass is 506 g/mol. The van der Waals surface area contributed by atoms with Crippen LogP contribution in [0.3, 0.4) is 0 Å². The first-order valence-corrected chi connectivity index (χ1v) is 12.4. The summed E-state index contributed by atoms with van der Waals surface area (Å²) in [5.74, 6) is -1.74. The van der Waals surface area contributed by atoms with E-state index >= 15 is 0 Å². The first-order valence-electron chi connectivity index (χ1n) is 12.4. The number of Topliss-reactive ketones (excluding diaryl/α,β-unsaturated/α-hetero) is 2. The number of hydrogen-bond acceptors (Lipinski definition) is 7. The molecule has 4 heterocycles. The number of hydrogen-bond donors (Lipinski definition) is 0. The summed E-state index contributed by atoms with van der Waals surface area (Å²) in [4.78, 5) is 56.9. The molecule has 0 N–H and O–H groups in total. The molecule has 2 amide bonds. The van der Waals surface area contributed by atoms with E-state index < -0.39 is 29.8 Å². The van der Waals surface area contributed by atoms with Crippen LogP contribution < -0.4 is 14.4 Å². The Morgan fingerprint density at radius 1 is 0.842 bits per heavy atom. The maximum Gasteiger partial charge on any atom is 0.240 e. The lowest BCUT2D eigenvalue weighted by Gasteiger charge is -2.35. The predicted molar refractivity (Wildman–Crippen MR) is 137 cm³/mol. The molecule has 4 aliphatic rings. The molecule has 8 heteroatoms. The molecule has 8 nitrogen and oxygen atoms in total. The number of rotatable bonds is 4. The summed E-state index contributed by atoms with van der Waals surface area (Å²) < 4.78 is 10.9. The molecule has 0 bridgehead atoms. The normalized spacial score (nSPS) is 24.3. The van der Waals surface area contributed by atoms with Gasteiger partial charge in [0.1, 0.15) is 6.04 Å². The van der Waals surface area contributed by atoms with Crippen LogP contribution in [0.2, 0.25) is 0 Å². The maximum absolute atomic E-state index is 14.1. The van der Waals surface area contributed by atoms with E-state index in [1.807, 2.05) is 41.4 Å². The summed E-state index contributed by atoms with van der Waals surface area (Å²) in [7, 11) is 0. The molecule has 2 saturated heterocycles. The number of benzene rings is 3. The molecule has 4 aliphatic heterocycles. The van der Waals surface area contributed by atoms with Crippen LogP contribution in [-0.4, -0.2) is 41.1 Å². The van der Waals surface area contributed by atoms with E-state index in [-0.39, 0.29) is 24.3 Å². The number of fused-ring (bicyclic) bond motifs is 6. The lowest BCUT2D eigenvalue weighted by Crippen LogP contribution is -2.44. The molecule has 2 fully saturated rings. The van der Waals surface area contributed by atoms with E-state index in [4.69, 9.17) is 9.47 Å². The second kappa shape index (κ2) is 8.14. The molecule has 0 spiro atoms. The van der Waals surface area contributed by atoms with E-state index in [1.165, 1.54) is 11.8 Å². The first kappa shape index (κ1) is 22.5. The highest BCUT2D eigenvalue weighted by Crippen LogP contribution is 2.54. The first-order chi connectivity index (χ1) is 18.4. The molecule has 188 valence electrons. The number of amides is 2. The topological polar surface area (TPSA) is 93.2 Å². The van der Waals surface area contributed by atoms with E-state index in [0.29, 0.717) is 28.3 Å². The van der Waals surface area contributed by atoms with Crippen molar-refractivity contribution in [2.45, 2.75) is 19.0 Å². The number of ether oxygens (including phenoxy) is 2. The number of carbonyl (C=O) groups excluding carboxylic acids is 4. The van der Waals surface area contributed by atoms with Crippen LogP contribution in [0.5, 0.6) is 11.5 Å². The molecule has 7 rings (SSSR count). The second-order valence-electron chi connectivity index (χ2n) is 9.88. The lowest BCUT2D eigenvalue weighted by atomic mass is 9.83. The summed E-state index contributed by atoms with van der Waals surface area (Å²) in [6, 6.07) is 17.8. The van der Waals surface area contributed by atoms with Gasteiger partial charge >= 0.3 is 0 Å². The standard InChI is InChI=1S/C30H22N2O6/c1-16(33)17-6-9-20(10-7-17)32-29(35)24-25(30(32)36)27(28(34)19-8-11-22-23(14-19)38-15-37-22)31-13-12-18-4-2-3-5-21(18)26(24)31/h2-14,24-27H,15H2,1H3/t24-,25+,26-,27-/m0/s1. The highest BCUT2D eigenvalue weighted by molar-refractivity contribution is 6.24. The Balaban J connectivity index is 1.34. The molecule has 0 radical (unpaired) electrons. The van der Waals surface area contributed by atoms with Gasteiger partial charge in [-0.05, 0) is 66.6 Å². The Kier molecular flexibility index (Phi) is 4.82. The van der Waals surface area contributed by atoms with Crippen LogP contribution >= 0.6 is 0 Å². The number of carbonyl (C=O) groups is 4. The van der Waals surface area contributed by atoms with Crippen LogP contribution in [-0.2, 0) is 9.59 Å². The van der Waals surface area contributed by atoms with Gasteiger partial charge < -0.3 is 14.4 Å². The van der Waals surface area contributed by atoms with E-state index in [9.17, 15) is 19.2 Å². The summed E-state index contributed by atoms with van der Waals surface area (Å²) in [5.41, 5.74) is 3.12. The highest BCUT2D eigenvalue weighted by Gasteiger charge is 2.64. The smallest absolute Gasteiger partial charge is 0.240 e. The van der Waals surface area contributed by atoms with Crippen molar-refractivity contribution in [3.05, 3.63) is 95.2 Å². The zero-order valence-corrected chi connectivity index (χ0v) is 20.4. The van der Waals surface area contributed by atoms with E-state index in [0.717, 1.165) is 11.1 Å². The number of nitrogens with zero attached hydrogens (tertiary/aromatic N) is 2. The summed E-state index contributed by atoms with van der Waals surface area (Å²) >= 11 is 0. The van der Waals surface area contributed by atoms with Crippen molar-refractivity contribution >= 4 is 35.1 Å². The molecule has 38 heavy (non-hydrogen) atoms. The van der Waals surface area contributed by atoms with Crippen molar-refractivity contribution in [1.29, 1.82) is 0 Å². The number of ketones is 2. The van der Waals surface area contributed by atoms with Crippen LogP contribution in [0.25, 0.3) is 6.08 Å². The van der Waals surface area contributed by atoms with Gasteiger partial charge in [-0.15, -0.1) is 0 Å². The molecule has 0 unspecified atom stereocenters. The van der Waals surface area contributed by atoms with Gasteiger partial charge in [-0.25, -0.2) is 4.90 Å². The highest BCUT2D eigenvalue weighted by atomic mass is 16.7.